The van der Waals surface area contributed by atoms with Gasteiger partial charge in [0.1, 0.15) is 5.41 Å². The van der Waals surface area contributed by atoms with Gasteiger partial charge in [-0.1, -0.05) is 13.3 Å². The zero-order valence-corrected chi connectivity index (χ0v) is 11.5. The lowest BCUT2D eigenvalue weighted by atomic mass is 9.68. The molecule has 1 atom stereocenters. The van der Waals surface area contributed by atoms with Crippen molar-refractivity contribution in [1.29, 1.82) is 0 Å². The van der Waals surface area contributed by atoms with Crippen LogP contribution in [0.25, 0.3) is 0 Å². The molecule has 0 aromatic heterocycles. The highest BCUT2D eigenvalue weighted by atomic mass is 16.4. The molecule has 1 aliphatic rings. The monoisotopic (exact) mass is 256 g/mol. The summed E-state index contributed by atoms with van der Waals surface area (Å²) in [6, 6.07) is 0.471. The Morgan fingerprint density at radius 3 is 2.44 bits per heavy atom. The fourth-order valence-corrected chi connectivity index (χ4v) is 2.12. The van der Waals surface area contributed by atoms with Gasteiger partial charge in [-0.2, -0.15) is 0 Å². The van der Waals surface area contributed by atoms with Crippen LogP contribution >= 0.6 is 0 Å². The molecule has 1 amide bonds. The maximum absolute atomic E-state index is 11.9. The lowest BCUT2D eigenvalue weighted by Gasteiger charge is -2.36. The van der Waals surface area contributed by atoms with Crippen LogP contribution in [0.3, 0.4) is 0 Å². The highest BCUT2D eigenvalue weighted by Gasteiger charge is 2.50. The summed E-state index contributed by atoms with van der Waals surface area (Å²) in [4.78, 5) is 25.2. The molecule has 1 unspecified atom stereocenters. The number of rotatable bonds is 7. The molecule has 0 aromatic rings. The third kappa shape index (κ3) is 3.02. The number of carbonyl (C=O) groups is 2. The van der Waals surface area contributed by atoms with E-state index in [1.165, 1.54) is 0 Å². The molecule has 0 heterocycles. The van der Waals surface area contributed by atoms with Crippen LogP contribution in [0.15, 0.2) is 0 Å². The van der Waals surface area contributed by atoms with Gasteiger partial charge in [-0.25, -0.2) is 0 Å². The van der Waals surface area contributed by atoms with Gasteiger partial charge in [0, 0.05) is 19.1 Å². The quantitative estimate of drug-likeness (QED) is 0.669. The van der Waals surface area contributed by atoms with Gasteiger partial charge in [-0.3, -0.25) is 9.59 Å². The number of carbonyl (C=O) groups excluding carboxylic acids is 1. The number of nitrogens with zero attached hydrogens (tertiary/aromatic N) is 1. The van der Waals surface area contributed by atoms with Crippen LogP contribution in [0, 0.1) is 5.41 Å². The molecule has 1 fully saturated rings. The Bertz CT molecular complexity index is 313. The molecule has 18 heavy (non-hydrogen) atoms. The van der Waals surface area contributed by atoms with Crippen LogP contribution in [0.2, 0.25) is 0 Å². The molecule has 0 saturated heterocycles. The van der Waals surface area contributed by atoms with Crippen LogP contribution in [0.4, 0.5) is 0 Å². The van der Waals surface area contributed by atoms with E-state index in [0.29, 0.717) is 25.4 Å². The summed E-state index contributed by atoms with van der Waals surface area (Å²) < 4.78 is 0. The highest BCUT2D eigenvalue weighted by Crippen LogP contribution is 2.41. The second-order valence-corrected chi connectivity index (χ2v) is 5.23. The molecule has 0 aromatic carbocycles. The van der Waals surface area contributed by atoms with E-state index in [1.54, 1.807) is 0 Å². The largest absolute Gasteiger partial charge is 0.480 e. The fourth-order valence-electron chi connectivity index (χ4n) is 2.12. The second-order valence-electron chi connectivity index (χ2n) is 5.23. The third-order valence-electron chi connectivity index (χ3n) is 4.14. The maximum Gasteiger partial charge on any atom is 0.319 e. The number of hydrogen-bond acceptors (Lipinski definition) is 3. The zero-order valence-electron chi connectivity index (χ0n) is 11.5. The minimum absolute atomic E-state index is 0.321. The normalized spacial score (nSPS) is 19.1. The molecule has 0 radical (unpaired) electrons. The van der Waals surface area contributed by atoms with Gasteiger partial charge in [-0.05, 0) is 33.2 Å². The average Bonchev–Trinajstić information content (AvgIpc) is 2.25. The van der Waals surface area contributed by atoms with E-state index in [2.05, 4.69) is 24.1 Å². The standard InChI is InChI=1S/C13H24N2O3/c1-4-10(2)15(3)9-8-14-11(16)13(12(17)18)6-5-7-13/h10H,4-9H2,1-3H3,(H,14,16)(H,17,18). The van der Waals surface area contributed by atoms with Crippen molar-refractivity contribution in [3.63, 3.8) is 0 Å². The Kier molecular flexibility index (Phi) is 5.14. The Morgan fingerprint density at radius 2 is 2.06 bits per heavy atom. The topological polar surface area (TPSA) is 69.6 Å². The SMILES string of the molecule is CCC(C)N(C)CCNC(=O)C1(C(=O)O)CCC1. The molecule has 1 saturated carbocycles. The molecule has 0 aliphatic heterocycles. The first-order chi connectivity index (χ1) is 8.44. The van der Waals surface area contributed by atoms with E-state index in [-0.39, 0.29) is 5.91 Å². The molecule has 0 spiro atoms. The summed E-state index contributed by atoms with van der Waals surface area (Å²) in [5.74, 6) is -1.31. The molecule has 2 N–H and O–H groups in total. The van der Waals surface area contributed by atoms with E-state index in [4.69, 9.17) is 5.11 Å². The first kappa shape index (κ1) is 15.0. The van der Waals surface area contributed by atoms with Crippen molar-refractivity contribution in [3.05, 3.63) is 0 Å². The molecule has 5 heteroatoms. The predicted octanol–water partition coefficient (Wildman–Crippen LogP) is 1.09. The predicted molar refractivity (Wildman–Crippen MR) is 69.3 cm³/mol. The molecular formula is C13H24N2O3. The van der Waals surface area contributed by atoms with Crippen molar-refractivity contribution >= 4 is 11.9 Å². The number of aliphatic carboxylic acids is 1. The van der Waals surface area contributed by atoms with Crippen LogP contribution in [-0.2, 0) is 9.59 Å². The van der Waals surface area contributed by atoms with Gasteiger partial charge < -0.3 is 15.3 Å². The van der Waals surface area contributed by atoms with Crippen LogP contribution in [0.1, 0.15) is 39.5 Å². The highest BCUT2D eigenvalue weighted by molar-refractivity contribution is 6.02. The number of carboxylic acids is 1. The summed E-state index contributed by atoms with van der Waals surface area (Å²) in [5.41, 5.74) is -1.14. The third-order valence-corrected chi connectivity index (χ3v) is 4.14. The fraction of sp³-hybridized carbons (Fsp3) is 0.846. The Morgan fingerprint density at radius 1 is 1.44 bits per heavy atom. The lowest BCUT2D eigenvalue weighted by Crippen LogP contribution is -2.52. The van der Waals surface area contributed by atoms with E-state index >= 15 is 0 Å². The van der Waals surface area contributed by atoms with E-state index in [9.17, 15) is 9.59 Å². The van der Waals surface area contributed by atoms with Crippen molar-refractivity contribution in [2.75, 3.05) is 20.1 Å². The van der Waals surface area contributed by atoms with Crippen LogP contribution in [0.5, 0.6) is 0 Å². The zero-order chi connectivity index (χ0) is 13.8. The number of likely N-dealkylation sites (N-methyl/N-ethyl adjacent to an activating group) is 1. The van der Waals surface area contributed by atoms with Gasteiger partial charge in [0.2, 0.25) is 5.91 Å². The van der Waals surface area contributed by atoms with Crippen molar-refractivity contribution in [1.82, 2.24) is 10.2 Å². The summed E-state index contributed by atoms with van der Waals surface area (Å²) in [6.45, 7) is 5.51. The summed E-state index contributed by atoms with van der Waals surface area (Å²) in [6.07, 6.45) is 2.82. The Labute approximate surface area is 109 Å². The van der Waals surface area contributed by atoms with Gasteiger partial charge in [0.25, 0.3) is 0 Å². The van der Waals surface area contributed by atoms with Crippen LogP contribution in [-0.4, -0.2) is 48.1 Å². The van der Waals surface area contributed by atoms with Crippen molar-refractivity contribution < 1.29 is 14.7 Å². The van der Waals surface area contributed by atoms with Gasteiger partial charge in [0.05, 0.1) is 0 Å². The second kappa shape index (κ2) is 6.18. The van der Waals surface area contributed by atoms with Crippen LogP contribution < -0.4 is 5.32 Å². The van der Waals surface area contributed by atoms with Crippen molar-refractivity contribution in [2.45, 2.75) is 45.6 Å². The number of amides is 1. The summed E-state index contributed by atoms with van der Waals surface area (Å²) in [5, 5.41) is 11.9. The van der Waals surface area contributed by atoms with Gasteiger partial charge in [0.15, 0.2) is 0 Å². The first-order valence-corrected chi connectivity index (χ1v) is 6.66. The van der Waals surface area contributed by atoms with Gasteiger partial charge in [-0.15, -0.1) is 0 Å². The summed E-state index contributed by atoms with van der Waals surface area (Å²) >= 11 is 0. The van der Waals surface area contributed by atoms with Crippen molar-refractivity contribution in [2.24, 2.45) is 5.41 Å². The number of carboxylic acid groups (broad SMARTS) is 1. The molecule has 104 valence electrons. The Hall–Kier alpha value is -1.10. The first-order valence-electron chi connectivity index (χ1n) is 6.66. The summed E-state index contributed by atoms with van der Waals surface area (Å²) in [7, 11) is 2.01. The molecular weight excluding hydrogens is 232 g/mol. The average molecular weight is 256 g/mol. The smallest absolute Gasteiger partial charge is 0.319 e. The van der Waals surface area contributed by atoms with Gasteiger partial charge >= 0.3 is 5.97 Å². The molecule has 5 nitrogen and oxygen atoms in total. The number of hydrogen-bond donors (Lipinski definition) is 2. The Balaban J connectivity index is 2.35. The van der Waals surface area contributed by atoms with E-state index in [0.717, 1.165) is 19.4 Å². The molecule has 1 rings (SSSR count). The van der Waals surface area contributed by atoms with Crippen molar-refractivity contribution in [3.8, 4) is 0 Å². The maximum atomic E-state index is 11.9. The lowest BCUT2D eigenvalue weighted by molar-refractivity contribution is -0.162. The minimum atomic E-state index is -1.14. The minimum Gasteiger partial charge on any atom is -0.480 e. The number of nitrogens with one attached hydrogen (secondary N) is 1. The van der Waals surface area contributed by atoms with E-state index < -0.39 is 11.4 Å². The molecule has 0 bridgehead atoms. The molecule has 1 aliphatic carbocycles. The van der Waals surface area contributed by atoms with E-state index in [1.807, 2.05) is 7.05 Å².